The van der Waals surface area contributed by atoms with Gasteiger partial charge in [-0.15, -0.1) is 0 Å². The maximum absolute atomic E-state index is 12.5. The monoisotopic (exact) mass is 417 g/mol. The van der Waals surface area contributed by atoms with E-state index in [0.29, 0.717) is 16.5 Å². The van der Waals surface area contributed by atoms with Gasteiger partial charge in [-0.05, 0) is 67.1 Å². The number of hydrogen-bond donors (Lipinski definition) is 1. The van der Waals surface area contributed by atoms with E-state index in [1.807, 2.05) is 72.2 Å². The molecule has 0 unspecified atom stereocenters. The average molecular weight is 418 g/mol. The number of ether oxygens (including phenoxy) is 1. The summed E-state index contributed by atoms with van der Waals surface area (Å²) in [4.78, 5) is 17.1. The fourth-order valence-electron chi connectivity index (χ4n) is 3.21. The quantitative estimate of drug-likeness (QED) is 0.427. The molecule has 0 saturated heterocycles. The first-order chi connectivity index (χ1) is 14.5. The van der Waals surface area contributed by atoms with Gasteiger partial charge in [-0.25, -0.2) is 4.98 Å². The van der Waals surface area contributed by atoms with Gasteiger partial charge in [0.1, 0.15) is 11.6 Å². The van der Waals surface area contributed by atoms with Gasteiger partial charge >= 0.3 is 0 Å². The molecular formula is C24H20ClN3O2. The van der Waals surface area contributed by atoms with Gasteiger partial charge in [0.15, 0.2) is 0 Å². The number of anilines is 1. The number of nitrogens with one attached hydrogen (secondary N) is 1. The Balaban J connectivity index is 1.67. The molecule has 0 spiro atoms. The molecule has 1 aromatic heterocycles. The van der Waals surface area contributed by atoms with Crippen molar-refractivity contribution in [3.8, 4) is 11.4 Å². The van der Waals surface area contributed by atoms with Crippen LogP contribution in [-0.4, -0.2) is 22.6 Å². The molecule has 5 nitrogen and oxygen atoms in total. The Hall–Kier alpha value is -3.57. The van der Waals surface area contributed by atoms with Crippen LogP contribution in [0.1, 0.15) is 11.4 Å². The Kier molecular flexibility index (Phi) is 5.55. The highest BCUT2D eigenvalue weighted by Gasteiger charge is 2.11. The Bertz CT molecular complexity index is 1240. The van der Waals surface area contributed by atoms with Crippen molar-refractivity contribution in [3.63, 3.8) is 0 Å². The van der Waals surface area contributed by atoms with E-state index >= 15 is 0 Å². The van der Waals surface area contributed by atoms with Crippen LogP contribution in [0.3, 0.4) is 0 Å². The van der Waals surface area contributed by atoms with Crippen molar-refractivity contribution in [2.45, 2.75) is 6.92 Å². The van der Waals surface area contributed by atoms with Gasteiger partial charge in [0.25, 0.3) is 0 Å². The van der Waals surface area contributed by atoms with Crippen LogP contribution in [0, 0.1) is 6.92 Å². The number of imidazole rings is 1. The summed E-state index contributed by atoms with van der Waals surface area (Å²) in [6.07, 6.45) is 3.15. The van der Waals surface area contributed by atoms with Crippen LogP contribution in [-0.2, 0) is 4.79 Å². The number of aryl methyl sites for hydroxylation is 1. The molecule has 1 amide bonds. The van der Waals surface area contributed by atoms with Crippen LogP contribution >= 0.6 is 11.6 Å². The third-order valence-corrected chi connectivity index (χ3v) is 5.00. The van der Waals surface area contributed by atoms with E-state index in [9.17, 15) is 4.79 Å². The fourth-order valence-corrected chi connectivity index (χ4v) is 3.49. The number of methoxy groups -OCH3 is 1. The molecule has 6 heteroatoms. The highest BCUT2D eigenvalue weighted by molar-refractivity contribution is 6.33. The first-order valence-corrected chi connectivity index (χ1v) is 9.80. The van der Waals surface area contributed by atoms with Crippen molar-refractivity contribution in [2.75, 3.05) is 12.4 Å². The Labute approximate surface area is 179 Å². The van der Waals surface area contributed by atoms with E-state index in [-0.39, 0.29) is 5.91 Å². The summed E-state index contributed by atoms with van der Waals surface area (Å²) >= 11 is 6.21. The second kappa shape index (κ2) is 8.43. The number of rotatable bonds is 5. The zero-order chi connectivity index (χ0) is 21.1. The van der Waals surface area contributed by atoms with Crippen molar-refractivity contribution in [1.82, 2.24) is 9.55 Å². The van der Waals surface area contributed by atoms with Crippen molar-refractivity contribution in [2.24, 2.45) is 0 Å². The van der Waals surface area contributed by atoms with E-state index in [0.717, 1.165) is 28.0 Å². The topological polar surface area (TPSA) is 56.1 Å². The molecule has 0 aliphatic heterocycles. The van der Waals surface area contributed by atoms with Crippen LogP contribution < -0.4 is 10.1 Å². The summed E-state index contributed by atoms with van der Waals surface area (Å²) in [5, 5.41) is 3.31. The number of amides is 1. The number of fused-ring (bicyclic) bond motifs is 1. The van der Waals surface area contributed by atoms with Crippen LogP contribution in [0.5, 0.6) is 5.75 Å². The molecule has 0 atom stereocenters. The summed E-state index contributed by atoms with van der Waals surface area (Å²) in [5.74, 6) is 1.13. The second-order valence-corrected chi connectivity index (χ2v) is 7.21. The minimum absolute atomic E-state index is 0.283. The molecule has 1 heterocycles. The predicted octanol–water partition coefficient (Wildman–Crippen LogP) is 5.65. The first-order valence-electron chi connectivity index (χ1n) is 9.42. The van der Waals surface area contributed by atoms with E-state index in [2.05, 4.69) is 10.3 Å². The van der Waals surface area contributed by atoms with Gasteiger partial charge in [0.05, 0.1) is 28.9 Å². The highest BCUT2D eigenvalue weighted by atomic mass is 35.5. The zero-order valence-electron chi connectivity index (χ0n) is 16.6. The van der Waals surface area contributed by atoms with E-state index in [1.54, 1.807) is 19.3 Å². The number of halogens is 1. The molecule has 30 heavy (non-hydrogen) atoms. The number of carbonyl (C=O) groups is 1. The molecule has 0 radical (unpaired) electrons. The Morgan fingerprint density at radius 2 is 1.87 bits per heavy atom. The lowest BCUT2D eigenvalue weighted by molar-refractivity contribution is -0.111. The van der Waals surface area contributed by atoms with E-state index < -0.39 is 0 Å². The molecule has 3 aromatic carbocycles. The van der Waals surface area contributed by atoms with Crippen molar-refractivity contribution >= 4 is 40.3 Å². The minimum Gasteiger partial charge on any atom is -0.497 e. The Morgan fingerprint density at radius 1 is 1.10 bits per heavy atom. The van der Waals surface area contributed by atoms with Crippen molar-refractivity contribution in [1.29, 1.82) is 0 Å². The van der Waals surface area contributed by atoms with Gasteiger partial charge in [-0.3, -0.25) is 9.36 Å². The molecule has 0 aliphatic rings. The van der Waals surface area contributed by atoms with Crippen molar-refractivity contribution < 1.29 is 9.53 Å². The largest absolute Gasteiger partial charge is 0.497 e. The first kappa shape index (κ1) is 19.7. The summed E-state index contributed by atoms with van der Waals surface area (Å²) in [5.41, 5.74) is 4.31. The number of hydrogen-bond acceptors (Lipinski definition) is 3. The van der Waals surface area contributed by atoms with Gasteiger partial charge in [0.2, 0.25) is 5.91 Å². The number of para-hydroxylation sites is 2. The fraction of sp³-hybridized carbons (Fsp3) is 0.0833. The molecule has 150 valence electrons. The molecule has 0 saturated carbocycles. The molecule has 0 fully saturated rings. The maximum atomic E-state index is 12.5. The molecule has 1 N–H and O–H groups in total. The molecule has 0 aliphatic carbocycles. The SMILES string of the molecule is COc1ccc(-n2c(C=CC(=O)Nc3ccc(C)cc3Cl)nc3ccccc32)cc1. The highest BCUT2D eigenvalue weighted by Crippen LogP contribution is 2.25. The lowest BCUT2D eigenvalue weighted by atomic mass is 10.2. The van der Waals surface area contributed by atoms with E-state index in [4.69, 9.17) is 16.3 Å². The summed E-state index contributed by atoms with van der Waals surface area (Å²) in [6, 6.07) is 21.0. The number of aromatic nitrogens is 2. The minimum atomic E-state index is -0.283. The Morgan fingerprint density at radius 3 is 2.60 bits per heavy atom. The molecule has 0 bridgehead atoms. The van der Waals surface area contributed by atoms with Gasteiger partial charge < -0.3 is 10.1 Å². The van der Waals surface area contributed by atoms with Gasteiger partial charge in [-0.1, -0.05) is 29.8 Å². The van der Waals surface area contributed by atoms with Crippen LogP contribution in [0.2, 0.25) is 5.02 Å². The normalized spacial score (nSPS) is 11.2. The van der Waals surface area contributed by atoms with Crippen LogP contribution in [0.25, 0.3) is 22.8 Å². The van der Waals surface area contributed by atoms with Crippen molar-refractivity contribution in [3.05, 3.63) is 89.2 Å². The van der Waals surface area contributed by atoms with Crippen LogP contribution in [0.15, 0.2) is 72.8 Å². The lowest BCUT2D eigenvalue weighted by Gasteiger charge is -2.08. The second-order valence-electron chi connectivity index (χ2n) is 6.80. The van der Waals surface area contributed by atoms with Gasteiger partial charge in [0, 0.05) is 11.8 Å². The third-order valence-electron chi connectivity index (χ3n) is 4.68. The maximum Gasteiger partial charge on any atom is 0.248 e. The predicted molar refractivity (Wildman–Crippen MR) is 121 cm³/mol. The molecule has 4 aromatic rings. The third kappa shape index (κ3) is 4.07. The molecular weight excluding hydrogens is 398 g/mol. The van der Waals surface area contributed by atoms with Crippen LogP contribution in [0.4, 0.5) is 5.69 Å². The van der Waals surface area contributed by atoms with Gasteiger partial charge in [-0.2, -0.15) is 0 Å². The zero-order valence-corrected chi connectivity index (χ0v) is 17.4. The lowest BCUT2D eigenvalue weighted by Crippen LogP contribution is -2.08. The summed E-state index contributed by atoms with van der Waals surface area (Å²) in [6.45, 7) is 1.95. The van der Waals surface area contributed by atoms with E-state index in [1.165, 1.54) is 6.08 Å². The summed E-state index contributed by atoms with van der Waals surface area (Å²) in [7, 11) is 1.63. The average Bonchev–Trinajstić information content (AvgIpc) is 3.13. The summed E-state index contributed by atoms with van der Waals surface area (Å²) < 4.78 is 7.25. The standard InChI is InChI=1S/C24H20ClN3O2/c1-16-7-12-20(19(25)15-16)27-24(29)14-13-23-26-21-5-3-4-6-22(21)28(23)17-8-10-18(30-2)11-9-17/h3-15H,1-2H3,(H,27,29). The molecule has 4 rings (SSSR count). The smallest absolute Gasteiger partial charge is 0.248 e. The number of carbonyl (C=O) groups excluding carboxylic acids is 1. The number of nitrogens with zero attached hydrogens (tertiary/aromatic N) is 2. The number of benzene rings is 3.